The second-order valence-corrected chi connectivity index (χ2v) is 5.81. The van der Waals surface area contributed by atoms with Gasteiger partial charge in [-0.3, -0.25) is 4.79 Å². The molecule has 0 aromatic carbocycles. The first-order valence-corrected chi connectivity index (χ1v) is 6.76. The lowest BCUT2D eigenvalue weighted by atomic mass is 9.97. The Balaban J connectivity index is 2.07. The van der Waals surface area contributed by atoms with Gasteiger partial charge in [0.2, 0.25) is 0 Å². The number of piperidine rings is 1. The molecule has 1 fully saturated rings. The Morgan fingerprint density at radius 2 is 2.39 bits per heavy atom. The highest BCUT2D eigenvalue weighted by Gasteiger charge is 2.27. The first-order chi connectivity index (χ1) is 8.61. The van der Waals surface area contributed by atoms with Crippen molar-refractivity contribution in [2.45, 2.75) is 19.8 Å². The molecule has 1 aromatic rings. The first-order valence-electron chi connectivity index (χ1n) is 5.95. The number of rotatable bonds is 2. The fourth-order valence-electron chi connectivity index (χ4n) is 2.19. The maximum Gasteiger partial charge on any atom is 0.263 e. The maximum atomic E-state index is 12.3. The summed E-state index contributed by atoms with van der Waals surface area (Å²) >= 11 is 1.50. The molecule has 0 bridgehead atoms. The number of aryl methyl sites for hydroxylation is 1. The summed E-state index contributed by atoms with van der Waals surface area (Å²) in [6.45, 7) is 3.26. The number of carbonyl (C=O) groups is 1. The van der Waals surface area contributed by atoms with Gasteiger partial charge in [0.05, 0.1) is 4.88 Å². The predicted octanol–water partition coefficient (Wildman–Crippen LogP) is 1.66. The topological polar surface area (TPSA) is 78.9 Å². The third kappa shape index (κ3) is 2.64. The van der Waals surface area contributed by atoms with Crippen LogP contribution >= 0.6 is 11.3 Å². The number of nitrogens with two attached hydrogens (primary N) is 1. The summed E-state index contributed by atoms with van der Waals surface area (Å²) in [4.78, 5) is 15.9. The minimum Gasteiger partial charge on any atom is -0.409 e. The average molecular weight is 267 g/mol. The van der Waals surface area contributed by atoms with Gasteiger partial charge in [-0.15, -0.1) is 11.3 Å². The molecule has 6 heteroatoms. The van der Waals surface area contributed by atoms with Crippen molar-refractivity contribution in [3.8, 4) is 0 Å². The molecule has 98 valence electrons. The number of amidine groups is 1. The van der Waals surface area contributed by atoms with Gasteiger partial charge < -0.3 is 15.8 Å². The van der Waals surface area contributed by atoms with Crippen LogP contribution in [0.5, 0.6) is 0 Å². The third-order valence-corrected chi connectivity index (χ3v) is 4.18. The van der Waals surface area contributed by atoms with Gasteiger partial charge in [0.15, 0.2) is 0 Å². The molecule has 5 nitrogen and oxygen atoms in total. The van der Waals surface area contributed by atoms with Crippen molar-refractivity contribution in [3.05, 3.63) is 21.9 Å². The van der Waals surface area contributed by atoms with Gasteiger partial charge in [0.25, 0.3) is 5.91 Å². The number of nitrogens with zero attached hydrogens (tertiary/aromatic N) is 2. The standard InChI is InChI=1S/C12H17N3O2S/c1-8-4-5-10(18-8)12(16)15-6-2-3-9(7-15)11(13)14-17/h4-5,9,17H,2-3,6-7H2,1H3,(H2,13,14). The molecule has 1 saturated heterocycles. The van der Waals surface area contributed by atoms with E-state index >= 15 is 0 Å². The van der Waals surface area contributed by atoms with E-state index in [1.165, 1.54) is 11.3 Å². The minimum atomic E-state index is -0.0336. The van der Waals surface area contributed by atoms with Crippen LogP contribution in [0.15, 0.2) is 17.3 Å². The second kappa shape index (κ2) is 5.39. The number of amides is 1. The molecule has 0 aliphatic carbocycles. The zero-order valence-electron chi connectivity index (χ0n) is 10.3. The van der Waals surface area contributed by atoms with Crippen molar-refractivity contribution in [1.82, 2.24) is 4.90 Å². The summed E-state index contributed by atoms with van der Waals surface area (Å²) in [7, 11) is 0. The van der Waals surface area contributed by atoms with E-state index in [1.807, 2.05) is 19.1 Å². The summed E-state index contributed by atoms with van der Waals surface area (Å²) in [5.74, 6) is 0.229. The summed E-state index contributed by atoms with van der Waals surface area (Å²) in [6, 6.07) is 3.80. The molecule has 1 aliphatic heterocycles. The van der Waals surface area contributed by atoms with Crippen LogP contribution in [0.1, 0.15) is 27.4 Å². The van der Waals surface area contributed by atoms with Gasteiger partial charge in [-0.2, -0.15) is 0 Å². The zero-order valence-corrected chi connectivity index (χ0v) is 11.1. The third-order valence-electron chi connectivity index (χ3n) is 3.19. The molecule has 0 saturated carbocycles. The monoisotopic (exact) mass is 267 g/mol. The Bertz CT molecular complexity index is 470. The molecule has 0 spiro atoms. The van der Waals surface area contributed by atoms with Gasteiger partial charge in [-0.25, -0.2) is 0 Å². The van der Waals surface area contributed by atoms with Gasteiger partial charge in [0, 0.05) is 23.9 Å². The normalized spacial score (nSPS) is 21.1. The van der Waals surface area contributed by atoms with Gasteiger partial charge >= 0.3 is 0 Å². The number of likely N-dealkylation sites (tertiary alicyclic amines) is 1. The number of thiophene rings is 1. The Morgan fingerprint density at radius 3 is 3.00 bits per heavy atom. The molecular weight excluding hydrogens is 250 g/mol. The fraction of sp³-hybridized carbons (Fsp3) is 0.500. The highest BCUT2D eigenvalue weighted by Crippen LogP contribution is 2.22. The fourth-order valence-corrected chi connectivity index (χ4v) is 3.03. The SMILES string of the molecule is Cc1ccc(C(=O)N2CCCC(C(N)=NO)C2)s1. The number of oxime groups is 1. The summed E-state index contributed by atoms with van der Waals surface area (Å²) < 4.78 is 0. The molecule has 2 heterocycles. The van der Waals surface area contributed by atoms with E-state index in [4.69, 9.17) is 10.9 Å². The van der Waals surface area contributed by atoms with Crippen LogP contribution in [-0.2, 0) is 0 Å². The van der Waals surface area contributed by atoms with Crippen LogP contribution in [0.3, 0.4) is 0 Å². The molecule has 0 radical (unpaired) electrons. The number of hydrogen-bond acceptors (Lipinski definition) is 4. The first kappa shape index (κ1) is 12.9. The van der Waals surface area contributed by atoms with Gasteiger partial charge in [0.1, 0.15) is 5.84 Å². The van der Waals surface area contributed by atoms with Crippen LogP contribution in [0.25, 0.3) is 0 Å². The lowest BCUT2D eigenvalue weighted by Crippen LogP contribution is -2.44. The molecule has 1 aliphatic rings. The quantitative estimate of drug-likeness (QED) is 0.370. The Labute approximate surface area is 110 Å². The van der Waals surface area contributed by atoms with E-state index in [2.05, 4.69) is 5.16 Å². The molecular formula is C12H17N3O2S. The molecule has 18 heavy (non-hydrogen) atoms. The van der Waals surface area contributed by atoms with Crippen LogP contribution in [0.4, 0.5) is 0 Å². The van der Waals surface area contributed by atoms with E-state index in [-0.39, 0.29) is 17.7 Å². The van der Waals surface area contributed by atoms with Crippen LogP contribution in [0, 0.1) is 12.8 Å². The predicted molar refractivity (Wildman–Crippen MR) is 71.1 cm³/mol. The number of carbonyl (C=O) groups excluding carboxylic acids is 1. The minimum absolute atomic E-state index is 0.0336. The van der Waals surface area contributed by atoms with Crippen molar-refractivity contribution < 1.29 is 10.0 Å². The van der Waals surface area contributed by atoms with E-state index < -0.39 is 0 Å². The lowest BCUT2D eigenvalue weighted by molar-refractivity contribution is 0.0706. The molecule has 1 atom stereocenters. The average Bonchev–Trinajstić information content (AvgIpc) is 2.83. The largest absolute Gasteiger partial charge is 0.409 e. The summed E-state index contributed by atoms with van der Waals surface area (Å²) in [6.07, 6.45) is 1.75. The second-order valence-electron chi connectivity index (χ2n) is 4.53. The Kier molecular flexibility index (Phi) is 3.86. The molecule has 1 amide bonds. The Hall–Kier alpha value is -1.56. The lowest BCUT2D eigenvalue weighted by Gasteiger charge is -2.31. The van der Waals surface area contributed by atoms with Gasteiger partial charge in [-0.1, -0.05) is 5.16 Å². The Morgan fingerprint density at radius 1 is 1.61 bits per heavy atom. The molecule has 1 aromatic heterocycles. The molecule has 1 unspecified atom stereocenters. The van der Waals surface area contributed by atoms with E-state index in [0.717, 1.165) is 29.1 Å². The summed E-state index contributed by atoms with van der Waals surface area (Å²) in [5, 5.41) is 11.7. The zero-order chi connectivity index (χ0) is 13.1. The van der Waals surface area contributed by atoms with Gasteiger partial charge in [-0.05, 0) is 31.9 Å². The highest BCUT2D eigenvalue weighted by molar-refractivity contribution is 7.13. The summed E-state index contributed by atoms with van der Waals surface area (Å²) in [5.41, 5.74) is 5.62. The molecule has 3 N–H and O–H groups in total. The maximum absolute atomic E-state index is 12.3. The number of hydrogen-bond donors (Lipinski definition) is 2. The highest BCUT2D eigenvalue weighted by atomic mass is 32.1. The van der Waals surface area contributed by atoms with Crippen LogP contribution < -0.4 is 5.73 Å². The van der Waals surface area contributed by atoms with Crippen molar-refractivity contribution in [2.24, 2.45) is 16.8 Å². The van der Waals surface area contributed by atoms with Crippen LogP contribution in [-0.4, -0.2) is 34.9 Å². The van der Waals surface area contributed by atoms with E-state index in [1.54, 1.807) is 4.90 Å². The van der Waals surface area contributed by atoms with Crippen molar-refractivity contribution in [3.63, 3.8) is 0 Å². The van der Waals surface area contributed by atoms with Crippen molar-refractivity contribution >= 4 is 23.1 Å². The van der Waals surface area contributed by atoms with E-state index in [9.17, 15) is 4.79 Å². The van der Waals surface area contributed by atoms with E-state index in [0.29, 0.717) is 6.54 Å². The van der Waals surface area contributed by atoms with Crippen molar-refractivity contribution in [2.75, 3.05) is 13.1 Å². The smallest absolute Gasteiger partial charge is 0.263 e. The van der Waals surface area contributed by atoms with Crippen LogP contribution in [0.2, 0.25) is 0 Å². The van der Waals surface area contributed by atoms with Crippen molar-refractivity contribution in [1.29, 1.82) is 0 Å². The molecule has 2 rings (SSSR count).